The number of anilines is 1. The molecule has 0 atom stereocenters. The first-order valence-corrected chi connectivity index (χ1v) is 10.5. The second-order valence-electron chi connectivity index (χ2n) is 8.04. The Kier molecular flexibility index (Phi) is 7.64. The van der Waals surface area contributed by atoms with Gasteiger partial charge in [-0.25, -0.2) is 4.39 Å². The van der Waals surface area contributed by atoms with Crippen LogP contribution in [-0.2, 0) is 4.79 Å². The second-order valence-corrected chi connectivity index (χ2v) is 8.04. The molecule has 2 aromatic carbocycles. The molecule has 0 aromatic heterocycles. The first kappa shape index (κ1) is 21.3. The van der Waals surface area contributed by atoms with Gasteiger partial charge in [0, 0.05) is 24.2 Å². The predicted molar refractivity (Wildman–Crippen MR) is 115 cm³/mol. The van der Waals surface area contributed by atoms with Gasteiger partial charge < -0.3 is 15.0 Å². The second kappa shape index (κ2) is 10.4. The number of nitrogens with zero attached hydrogens (tertiary/aromatic N) is 1. The molecule has 1 N–H and O–H groups in total. The summed E-state index contributed by atoms with van der Waals surface area (Å²) >= 11 is 0. The number of halogens is 1. The van der Waals surface area contributed by atoms with Gasteiger partial charge >= 0.3 is 0 Å². The molecular weight excluding hydrogens is 367 g/mol. The largest absolute Gasteiger partial charge is 0.493 e. The van der Waals surface area contributed by atoms with Crippen molar-refractivity contribution in [2.75, 3.05) is 31.6 Å². The van der Waals surface area contributed by atoms with E-state index in [0.717, 1.165) is 44.6 Å². The third kappa shape index (κ3) is 6.57. The number of hydrogen-bond donors (Lipinski definition) is 1. The number of amides is 1. The van der Waals surface area contributed by atoms with Gasteiger partial charge in [0.25, 0.3) is 0 Å². The van der Waals surface area contributed by atoms with Gasteiger partial charge in [0.05, 0.1) is 6.61 Å². The molecule has 29 heavy (non-hydrogen) atoms. The van der Waals surface area contributed by atoms with Crippen LogP contribution in [-0.4, -0.2) is 37.0 Å². The summed E-state index contributed by atoms with van der Waals surface area (Å²) < 4.78 is 18.8. The van der Waals surface area contributed by atoms with E-state index in [9.17, 15) is 9.18 Å². The predicted octanol–water partition coefficient (Wildman–Crippen LogP) is 5.07. The smallest absolute Gasteiger partial charge is 0.226 e. The van der Waals surface area contributed by atoms with Crippen molar-refractivity contribution in [2.24, 2.45) is 5.92 Å². The summed E-state index contributed by atoms with van der Waals surface area (Å²) in [7, 11) is 0. The van der Waals surface area contributed by atoms with E-state index in [2.05, 4.69) is 22.3 Å². The maximum Gasteiger partial charge on any atom is 0.226 e. The Hall–Kier alpha value is -2.40. The van der Waals surface area contributed by atoms with Crippen molar-refractivity contribution in [1.29, 1.82) is 0 Å². The highest BCUT2D eigenvalue weighted by atomic mass is 19.1. The number of ether oxygens (including phenoxy) is 1. The molecule has 0 bridgehead atoms. The number of nitrogens with one attached hydrogen (secondary N) is 1. The zero-order valence-electron chi connectivity index (χ0n) is 17.4. The Bertz CT molecular complexity index is 801. The first-order chi connectivity index (χ1) is 14.0. The maximum atomic E-state index is 13.2. The molecule has 1 aliphatic rings. The first-order valence-electron chi connectivity index (χ1n) is 10.5. The summed E-state index contributed by atoms with van der Waals surface area (Å²) in [5.41, 5.74) is 2.19. The minimum Gasteiger partial charge on any atom is -0.493 e. The van der Waals surface area contributed by atoms with Crippen molar-refractivity contribution in [3.8, 4) is 5.75 Å². The normalized spacial score (nSPS) is 15.4. The van der Waals surface area contributed by atoms with Gasteiger partial charge in [0.15, 0.2) is 0 Å². The van der Waals surface area contributed by atoms with E-state index in [1.165, 1.54) is 17.7 Å². The molecule has 0 radical (unpaired) electrons. The van der Waals surface area contributed by atoms with Crippen LogP contribution >= 0.6 is 0 Å². The fraction of sp³-hybridized carbons (Fsp3) is 0.458. The number of carbonyl (C=O) groups is 1. The number of benzene rings is 2. The topological polar surface area (TPSA) is 41.6 Å². The SMILES string of the molecule is CC(C)C(=O)Nc1cccc(C2CCN(CCCOc3cccc(F)c3)CC2)c1. The summed E-state index contributed by atoms with van der Waals surface area (Å²) in [4.78, 5) is 14.4. The average Bonchev–Trinajstić information content (AvgIpc) is 2.72. The summed E-state index contributed by atoms with van der Waals surface area (Å²) in [6.45, 7) is 7.52. The van der Waals surface area contributed by atoms with Crippen LogP contribution < -0.4 is 10.1 Å². The van der Waals surface area contributed by atoms with E-state index in [1.54, 1.807) is 12.1 Å². The van der Waals surface area contributed by atoms with Gasteiger partial charge in [-0.05, 0) is 68.1 Å². The minimum absolute atomic E-state index is 0.0215. The number of likely N-dealkylation sites (tertiary alicyclic amines) is 1. The lowest BCUT2D eigenvalue weighted by Crippen LogP contribution is -2.34. The minimum atomic E-state index is -0.266. The van der Waals surface area contributed by atoms with Crippen molar-refractivity contribution < 1.29 is 13.9 Å². The highest BCUT2D eigenvalue weighted by Crippen LogP contribution is 2.29. The fourth-order valence-corrected chi connectivity index (χ4v) is 3.68. The maximum absolute atomic E-state index is 13.2. The lowest BCUT2D eigenvalue weighted by molar-refractivity contribution is -0.118. The standard InChI is InChI=1S/C24H31FN2O2/c1-18(2)24(28)26-22-8-3-6-20(16-22)19-10-13-27(14-11-19)12-5-15-29-23-9-4-7-21(25)17-23/h3-4,6-9,16-19H,5,10-15H2,1-2H3,(H,26,28). The monoisotopic (exact) mass is 398 g/mol. The molecule has 5 heteroatoms. The van der Waals surface area contributed by atoms with Crippen LogP contribution in [0.25, 0.3) is 0 Å². The van der Waals surface area contributed by atoms with Crippen LogP contribution in [0.1, 0.15) is 44.6 Å². The van der Waals surface area contributed by atoms with Crippen LogP contribution in [0, 0.1) is 11.7 Å². The lowest BCUT2D eigenvalue weighted by Gasteiger charge is -2.32. The van der Waals surface area contributed by atoms with E-state index in [1.807, 2.05) is 26.0 Å². The van der Waals surface area contributed by atoms with Crippen molar-refractivity contribution in [3.05, 3.63) is 59.9 Å². The van der Waals surface area contributed by atoms with Crippen molar-refractivity contribution in [3.63, 3.8) is 0 Å². The molecule has 0 aliphatic carbocycles. The summed E-state index contributed by atoms with van der Waals surface area (Å²) in [5.74, 6) is 0.889. The van der Waals surface area contributed by atoms with E-state index in [-0.39, 0.29) is 17.6 Å². The van der Waals surface area contributed by atoms with Crippen LogP contribution in [0.4, 0.5) is 10.1 Å². The molecule has 1 saturated heterocycles. The van der Waals surface area contributed by atoms with Crippen LogP contribution in [0.2, 0.25) is 0 Å². The molecule has 0 saturated carbocycles. The molecule has 1 heterocycles. The highest BCUT2D eigenvalue weighted by molar-refractivity contribution is 5.92. The van der Waals surface area contributed by atoms with Crippen LogP contribution in [0.5, 0.6) is 5.75 Å². The number of carbonyl (C=O) groups excluding carboxylic acids is 1. The van der Waals surface area contributed by atoms with Gasteiger partial charge in [0.1, 0.15) is 11.6 Å². The van der Waals surface area contributed by atoms with E-state index >= 15 is 0 Å². The molecule has 4 nitrogen and oxygen atoms in total. The number of piperidine rings is 1. The van der Waals surface area contributed by atoms with Gasteiger partial charge in [0.2, 0.25) is 5.91 Å². The summed E-state index contributed by atoms with van der Waals surface area (Å²) in [5, 5.41) is 2.99. The molecule has 1 fully saturated rings. The average molecular weight is 399 g/mol. The molecule has 0 spiro atoms. The van der Waals surface area contributed by atoms with Crippen molar-refractivity contribution in [2.45, 2.75) is 39.0 Å². The zero-order valence-corrected chi connectivity index (χ0v) is 17.4. The number of hydrogen-bond acceptors (Lipinski definition) is 3. The number of rotatable bonds is 8. The Labute approximate surface area is 173 Å². The van der Waals surface area contributed by atoms with Crippen LogP contribution in [0.15, 0.2) is 48.5 Å². The molecule has 156 valence electrons. The van der Waals surface area contributed by atoms with E-state index in [4.69, 9.17) is 4.74 Å². The summed E-state index contributed by atoms with van der Waals surface area (Å²) in [6, 6.07) is 14.6. The van der Waals surface area contributed by atoms with Crippen molar-refractivity contribution in [1.82, 2.24) is 4.90 Å². The van der Waals surface area contributed by atoms with Crippen LogP contribution in [0.3, 0.4) is 0 Å². The molecule has 1 aliphatic heterocycles. The van der Waals surface area contributed by atoms with Gasteiger partial charge in [-0.15, -0.1) is 0 Å². The Balaban J connectivity index is 1.40. The quantitative estimate of drug-likeness (QED) is 0.631. The highest BCUT2D eigenvalue weighted by Gasteiger charge is 2.20. The Morgan fingerprint density at radius 2 is 1.93 bits per heavy atom. The van der Waals surface area contributed by atoms with Gasteiger partial charge in [-0.1, -0.05) is 32.0 Å². The summed E-state index contributed by atoms with van der Waals surface area (Å²) in [6.07, 6.45) is 3.16. The van der Waals surface area contributed by atoms with Gasteiger partial charge in [-0.2, -0.15) is 0 Å². The zero-order chi connectivity index (χ0) is 20.6. The van der Waals surface area contributed by atoms with Crippen molar-refractivity contribution >= 4 is 11.6 Å². The molecule has 0 unspecified atom stereocenters. The third-order valence-electron chi connectivity index (χ3n) is 5.42. The van der Waals surface area contributed by atoms with Gasteiger partial charge in [-0.3, -0.25) is 4.79 Å². The fourth-order valence-electron chi connectivity index (χ4n) is 3.68. The molecule has 3 rings (SSSR count). The van der Waals surface area contributed by atoms with E-state index in [0.29, 0.717) is 18.3 Å². The lowest BCUT2D eigenvalue weighted by atomic mass is 9.89. The Morgan fingerprint density at radius 1 is 1.17 bits per heavy atom. The third-order valence-corrected chi connectivity index (χ3v) is 5.42. The Morgan fingerprint density at radius 3 is 2.66 bits per heavy atom. The molecular formula is C24H31FN2O2. The molecule has 2 aromatic rings. The molecule has 1 amide bonds. The van der Waals surface area contributed by atoms with E-state index < -0.39 is 0 Å².